The zero-order chi connectivity index (χ0) is 16.4. The first-order chi connectivity index (χ1) is 11.0. The minimum atomic E-state index is -0.190. The van der Waals surface area contributed by atoms with Crippen LogP contribution in [-0.4, -0.2) is 26.6 Å². The van der Waals surface area contributed by atoms with Crippen molar-refractivity contribution in [2.75, 3.05) is 30.9 Å². The number of nitrogens with zero attached hydrogens (tertiary/aromatic N) is 1. The summed E-state index contributed by atoms with van der Waals surface area (Å²) in [6.45, 7) is 0.251. The number of hydrogen-bond donors (Lipinski definition) is 1. The Morgan fingerprint density at radius 2 is 2.00 bits per heavy atom. The maximum Gasteiger partial charge on any atom is 0.255 e. The van der Waals surface area contributed by atoms with Crippen LogP contribution < -0.4 is 15.0 Å². The Morgan fingerprint density at radius 3 is 2.78 bits per heavy atom. The molecule has 1 amide bonds. The Morgan fingerprint density at radius 1 is 1.22 bits per heavy atom. The zero-order valence-electron chi connectivity index (χ0n) is 13.0. The smallest absolute Gasteiger partial charge is 0.255 e. The molecule has 0 aromatic heterocycles. The van der Waals surface area contributed by atoms with E-state index in [4.69, 9.17) is 16.3 Å². The van der Waals surface area contributed by atoms with E-state index in [2.05, 4.69) is 5.32 Å². The van der Waals surface area contributed by atoms with Gasteiger partial charge < -0.3 is 15.0 Å². The number of anilines is 2. The molecule has 1 aliphatic rings. The van der Waals surface area contributed by atoms with E-state index in [9.17, 15) is 4.79 Å². The molecule has 0 atom stereocenters. The Hall–Kier alpha value is -2.46. The van der Waals surface area contributed by atoms with Crippen LogP contribution in [0.15, 0.2) is 48.0 Å². The van der Waals surface area contributed by atoms with Gasteiger partial charge in [-0.3, -0.25) is 4.79 Å². The van der Waals surface area contributed by atoms with Gasteiger partial charge in [0.25, 0.3) is 5.91 Å². The fourth-order valence-electron chi connectivity index (χ4n) is 2.45. The number of rotatable bonds is 3. The molecule has 1 heterocycles. The van der Waals surface area contributed by atoms with Crippen LogP contribution in [0.5, 0.6) is 5.75 Å². The third kappa shape index (κ3) is 3.32. The van der Waals surface area contributed by atoms with Gasteiger partial charge in [0.2, 0.25) is 0 Å². The summed E-state index contributed by atoms with van der Waals surface area (Å²) >= 11 is 6.05. The predicted molar refractivity (Wildman–Crippen MR) is 94.3 cm³/mol. The number of hydrogen-bond acceptors (Lipinski definition) is 3. The highest BCUT2D eigenvalue weighted by molar-refractivity contribution is 6.31. The standard InChI is InChI=1S/C18H17ClN2O2/c1-21(2)16-8-7-14(19)10-15(16)20-18(22)13-9-12-5-3-4-6-17(12)23-11-13/h3-10H,11H2,1-2H3,(H,20,22). The van der Waals surface area contributed by atoms with Crippen molar-refractivity contribution in [3.8, 4) is 5.75 Å². The summed E-state index contributed by atoms with van der Waals surface area (Å²) in [6.07, 6.45) is 1.86. The Balaban J connectivity index is 1.86. The highest BCUT2D eigenvalue weighted by atomic mass is 35.5. The van der Waals surface area contributed by atoms with E-state index in [1.165, 1.54) is 0 Å². The van der Waals surface area contributed by atoms with Crippen molar-refractivity contribution >= 4 is 35.0 Å². The molecule has 1 N–H and O–H groups in total. The average molecular weight is 329 g/mol. The van der Waals surface area contributed by atoms with Crippen molar-refractivity contribution in [2.45, 2.75) is 0 Å². The van der Waals surface area contributed by atoms with E-state index in [-0.39, 0.29) is 12.5 Å². The SMILES string of the molecule is CN(C)c1ccc(Cl)cc1NC(=O)C1=Cc2ccccc2OC1. The maximum absolute atomic E-state index is 12.5. The Bertz CT molecular complexity index is 784. The predicted octanol–water partition coefficient (Wildman–Crippen LogP) is 3.82. The number of fused-ring (bicyclic) bond motifs is 1. The normalized spacial score (nSPS) is 12.7. The number of benzene rings is 2. The quantitative estimate of drug-likeness (QED) is 0.931. The summed E-state index contributed by atoms with van der Waals surface area (Å²) in [5.74, 6) is 0.602. The summed E-state index contributed by atoms with van der Waals surface area (Å²) in [5, 5.41) is 3.49. The third-order valence-electron chi connectivity index (χ3n) is 3.61. The van der Waals surface area contributed by atoms with E-state index in [0.29, 0.717) is 16.3 Å². The van der Waals surface area contributed by atoms with Gasteiger partial charge in [-0.05, 0) is 30.3 Å². The van der Waals surface area contributed by atoms with Crippen LogP contribution in [0.2, 0.25) is 5.02 Å². The second-order valence-corrected chi connectivity index (χ2v) is 5.94. The fourth-order valence-corrected chi connectivity index (χ4v) is 2.62. The number of nitrogens with one attached hydrogen (secondary N) is 1. The van der Waals surface area contributed by atoms with Crippen molar-refractivity contribution in [2.24, 2.45) is 0 Å². The molecule has 0 saturated heterocycles. The lowest BCUT2D eigenvalue weighted by molar-refractivity contribution is -0.113. The van der Waals surface area contributed by atoms with E-state index in [0.717, 1.165) is 17.0 Å². The van der Waals surface area contributed by atoms with Gasteiger partial charge >= 0.3 is 0 Å². The van der Waals surface area contributed by atoms with Gasteiger partial charge in [0, 0.05) is 24.7 Å². The number of ether oxygens (including phenoxy) is 1. The summed E-state index contributed by atoms with van der Waals surface area (Å²) in [7, 11) is 3.83. The highest BCUT2D eigenvalue weighted by Crippen LogP contribution is 2.30. The first-order valence-corrected chi connectivity index (χ1v) is 7.63. The molecule has 2 aromatic rings. The second-order valence-electron chi connectivity index (χ2n) is 5.51. The average Bonchev–Trinajstić information content (AvgIpc) is 2.54. The summed E-state index contributed by atoms with van der Waals surface area (Å²) < 4.78 is 5.63. The van der Waals surface area contributed by atoms with Crippen molar-refractivity contribution in [1.29, 1.82) is 0 Å². The van der Waals surface area contributed by atoms with Crippen LogP contribution in [-0.2, 0) is 4.79 Å². The van der Waals surface area contributed by atoms with E-state index in [1.54, 1.807) is 12.1 Å². The van der Waals surface area contributed by atoms with Crippen LogP contribution in [0.4, 0.5) is 11.4 Å². The summed E-state index contributed by atoms with van der Waals surface area (Å²) in [4.78, 5) is 14.5. The summed E-state index contributed by atoms with van der Waals surface area (Å²) in [5.41, 5.74) is 3.05. The molecule has 0 saturated carbocycles. The molecule has 4 nitrogen and oxygen atoms in total. The molecule has 118 valence electrons. The van der Waals surface area contributed by atoms with Gasteiger partial charge in [-0.15, -0.1) is 0 Å². The number of halogens is 1. The van der Waals surface area contributed by atoms with Gasteiger partial charge in [-0.25, -0.2) is 0 Å². The van der Waals surface area contributed by atoms with Crippen molar-refractivity contribution in [3.63, 3.8) is 0 Å². The lowest BCUT2D eigenvalue weighted by atomic mass is 10.1. The van der Waals surface area contributed by atoms with Crippen molar-refractivity contribution in [1.82, 2.24) is 0 Å². The molecule has 0 aliphatic carbocycles. The van der Waals surface area contributed by atoms with Crippen LogP contribution >= 0.6 is 11.6 Å². The van der Waals surface area contributed by atoms with Crippen LogP contribution in [0.1, 0.15) is 5.56 Å². The van der Waals surface area contributed by atoms with Crippen molar-refractivity contribution in [3.05, 3.63) is 58.6 Å². The topological polar surface area (TPSA) is 41.6 Å². The first kappa shape index (κ1) is 15.4. The zero-order valence-corrected chi connectivity index (χ0v) is 13.7. The molecule has 0 radical (unpaired) electrons. The van der Waals surface area contributed by atoms with Gasteiger partial charge in [0.05, 0.1) is 16.9 Å². The lowest BCUT2D eigenvalue weighted by Gasteiger charge is -2.20. The largest absolute Gasteiger partial charge is 0.488 e. The molecule has 5 heteroatoms. The second kappa shape index (κ2) is 6.34. The monoisotopic (exact) mass is 328 g/mol. The van der Waals surface area contributed by atoms with Gasteiger partial charge in [-0.2, -0.15) is 0 Å². The van der Waals surface area contributed by atoms with E-state index >= 15 is 0 Å². The molecule has 2 aromatic carbocycles. The maximum atomic E-state index is 12.5. The molecule has 0 spiro atoms. The Labute approximate surface area is 140 Å². The molecular weight excluding hydrogens is 312 g/mol. The number of carbonyl (C=O) groups is 1. The molecule has 0 fully saturated rings. The van der Waals surface area contributed by atoms with E-state index < -0.39 is 0 Å². The number of para-hydroxylation sites is 1. The highest BCUT2D eigenvalue weighted by Gasteiger charge is 2.18. The number of amides is 1. The minimum absolute atomic E-state index is 0.190. The first-order valence-electron chi connectivity index (χ1n) is 7.25. The molecular formula is C18H17ClN2O2. The number of carbonyl (C=O) groups excluding carboxylic acids is 1. The Kier molecular flexibility index (Phi) is 4.26. The van der Waals surface area contributed by atoms with Gasteiger partial charge in [0.1, 0.15) is 12.4 Å². The molecule has 0 bridgehead atoms. The van der Waals surface area contributed by atoms with Crippen LogP contribution in [0, 0.1) is 0 Å². The third-order valence-corrected chi connectivity index (χ3v) is 3.85. The molecule has 3 rings (SSSR count). The van der Waals surface area contributed by atoms with Gasteiger partial charge in [0.15, 0.2) is 0 Å². The van der Waals surface area contributed by atoms with Crippen LogP contribution in [0.25, 0.3) is 6.08 Å². The fraction of sp³-hybridized carbons (Fsp3) is 0.167. The minimum Gasteiger partial charge on any atom is -0.488 e. The molecule has 1 aliphatic heterocycles. The van der Waals surface area contributed by atoms with Gasteiger partial charge in [-0.1, -0.05) is 29.8 Å². The lowest BCUT2D eigenvalue weighted by Crippen LogP contribution is -2.22. The summed E-state index contributed by atoms with van der Waals surface area (Å²) in [6, 6.07) is 13.1. The molecule has 23 heavy (non-hydrogen) atoms. The van der Waals surface area contributed by atoms with Crippen molar-refractivity contribution < 1.29 is 9.53 Å². The van der Waals surface area contributed by atoms with E-state index in [1.807, 2.05) is 55.4 Å². The molecule has 0 unspecified atom stereocenters. The van der Waals surface area contributed by atoms with Crippen LogP contribution in [0.3, 0.4) is 0 Å².